The molecule has 1 aliphatic carbocycles. The quantitative estimate of drug-likeness (QED) is 0.0683. The number of aliphatic hydroxyl groups excluding tert-OH is 2. The molecule has 0 saturated heterocycles. The topological polar surface area (TPSA) is 148 Å². The Morgan fingerprint density at radius 2 is 1.68 bits per heavy atom. The number of hydrogen-bond donors (Lipinski definition) is 5. The van der Waals surface area contributed by atoms with Crippen LogP contribution < -0.4 is 24.3 Å². The number of nitrogens with one attached hydrogen (secondary N) is 1. The maximum absolute atomic E-state index is 12.7. The molecule has 4 aromatic carbocycles. The summed E-state index contributed by atoms with van der Waals surface area (Å²) in [7, 11) is 5.23. The minimum Gasteiger partial charge on any atom is -0.508 e. The van der Waals surface area contributed by atoms with Crippen LogP contribution in [0.25, 0.3) is 11.1 Å². The zero-order valence-electron chi connectivity index (χ0n) is 33.2. The fourth-order valence-electron chi connectivity index (χ4n) is 8.95. The number of fused-ring (bicyclic) bond motifs is 2. The molecule has 0 bridgehead atoms. The SMILES string of the molecule is CNCc1cc2c(cc1OC)[C@H](OCCCO)[C@H]([C@H]1COc3c(Cc4cc(O)ccc4-c4cccc(O)c4)cc(OC4CCCC4)cc3[C@H]1O)[C@@H](CCCOC)O2. The number of methoxy groups -OCH3 is 2. The van der Waals surface area contributed by atoms with Gasteiger partial charge >= 0.3 is 0 Å². The first-order valence-corrected chi connectivity index (χ1v) is 20.3. The van der Waals surface area contributed by atoms with E-state index in [0.717, 1.165) is 65.5 Å². The van der Waals surface area contributed by atoms with Gasteiger partial charge in [0.15, 0.2) is 0 Å². The summed E-state index contributed by atoms with van der Waals surface area (Å²) >= 11 is 0. The van der Waals surface area contributed by atoms with Crippen LogP contribution in [0.5, 0.6) is 34.5 Å². The van der Waals surface area contributed by atoms with Crippen molar-refractivity contribution in [1.29, 1.82) is 0 Å². The Kier molecular flexibility index (Phi) is 13.4. The van der Waals surface area contributed by atoms with Gasteiger partial charge in [-0.25, -0.2) is 0 Å². The van der Waals surface area contributed by atoms with E-state index in [1.54, 1.807) is 44.6 Å². The largest absolute Gasteiger partial charge is 0.508 e. The third kappa shape index (κ3) is 9.13. The zero-order chi connectivity index (χ0) is 39.9. The van der Waals surface area contributed by atoms with E-state index >= 15 is 0 Å². The molecular weight excluding hydrogens is 727 g/mol. The van der Waals surface area contributed by atoms with Gasteiger partial charge in [0.25, 0.3) is 0 Å². The molecule has 0 amide bonds. The highest BCUT2D eigenvalue weighted by molar-refractivity contribution is 5.70. The van der Waals surface area contributed by atoms with Crippen LogP contribution in [0.1, 0.15) is 85.0 Å². The Balaban J connectivity index is 1.30. The van der Waals surface area contributed by atoms with Crippen molar-refractivity contribution in [3.05, 3.63) is 94.5 Å². The Labute approximate surface area is 335 Å². The van der Waals surface area contributed by atoms with Crippen molar-refractivity contribution in [2.24, 2.45) is 11.8 Å². The normalized spacial score (nSPS) is 21.7. The van der Waals surface area contributed by atoms with E-state index in [1.807, 2.05) is 43.4 Å². The summed E-state index contributed by atoms with van der Waals surface area (Å²) in [6, 6.07) is 20.2. The van der Waals surface area contributed by atoms with Gasteiger partial charge in [0.2, 0.25) is 0 Å². The molecule has 7 rings (SSSR count). The number of rotatable bonds is 17. The van der Waals surface area contributed by atoms with Gasteiger partial charge in [-0.05, 0) is 117 Å². The molecular formula is C46H57NO10. The van der Waals surface area contributed by atoms with Gasteiger partial charge in [-0.15, -0.1) is 0 Å². The van der Waals surface area contributed by atoms with Crippen LogP contribution in [0.4, 0.5) is 0 Å². The molecule has 11 heteroatoms. The predicted molar refractivity (Wildman–Crippen MR) is 216 cm³/mol. The smallest absolute Gasteiger partial charge is 0.128 e. The van der Waals surface area contributed by atoms with Gasteiger partial charge in [-0.3, -0.25) is 0 Å². The van der Waals surface area contributed by atoms with E-state index in [2.05, 4.69) is 5.32 Å². The van der Waals surface area contributed by atoms with E-state index in [1.165, 1.54) is 0 Å². The van der Waals surface area contributed by atoms with Crippen molar-refractivity contribution in [3.8, 4) is 45.6 Å². The molecule has 2 aliphatic heterocycles. The first-order valence-electron chi connectivity index (χ1n) is 20.3. The number of hydrogen-bond acceptors (Lipinski definition) is 11. The highest BCUT2D eigenvalue weighted by Crippen LogP contribution is 2.53. The zero-order valence-corrected chi connectivity index (χ0v) is 33.2. The number of phenolic OH excluding ortho intramolecular Hbond substituents is 2. The maximum atomic E-state index is 12.7. The Morgan fingerprint density at radius 1 is 0.860 bits per heavy atom. The van der Waals surface area contributed by atoms with Gasteiger partial charge in [0, 0.05) is 74.0 Å². The summed E-state index contributed by atoms with van der Waals surface area (Å²) in [5, 5.41) is 46.6. The van der Waals surface area contributed by atoms with Crippen molar-refractivity contribution in [1.82, 2.24) is 5.32 Å². The van der Waals surface area contributed by atoms with Gasteiger partial charge in [0.1, 0.15) is 40.6 Å². The fourth-order valence-corrected chi connectivity index (χ4v) is 8.95. The van der Waals surface area contributed by atoms with Gasteiger partial charge in [-0.1, -0.05) is 18.2 Å². The van der Waals surface area contributed by atoms with Crippen LogP contribution in [0, 0.1) is 11.8 Å². The molecule has 5 N–H and O–H groups in total. The van der Waals surface area contributed by atoms with Crippen molar-refractivity contribution in [2.75, 3.05) is 47.7 Å². The van der Waals surface area contributed by atoms with Crippen LogP contribution in [-0.4, -0.2) is 80.3 Å². The summed E-state index contributed by atoms with van der Waals surface area (Å²) < 4.78 is 38.3. The third-order valence-electron chi connectivity index (χ3n) is 11.6. The Bertz CT molecular complexity index is 1960. The molecule has 1 saturated carbocycles. The second-order valence-electron chi connectivity index (χ2n) is 15.5. The Hall–Kier alpha value is -4.52. The van der Waals surface area contributed by atoms with Crippen molar-refractivity contribution < 1.29 is 48.8 Å². The third-order valence-corrected chi connectivity index (χ3v) is 11.6. The Morgan fingerprint density at radius 3 is 2.44 bits per heavy atom. The molecule has 5 atom stereocenters. The minimum atomic E-state index is -0.969. The number of benzene rings is 4. The summed E-state index contributed by atoms with van der Waals surface area (Å²) in [5.74, 6) is 2.16. The van der Waals surface area contributed by atoms with Crippen LogP contribution in [-0.2, 0) is 22.4 Å². The highest BCUT2D eigenvalue weighted by atomic mass is 16.5. The molecule has 0 unspecified atom stereocenters. The second-order valence-corrected chi connectivity index (χ2v) is 15.5. The van der Waals surface area contributed by atoms with Gasteiger partial charge in [0.05, 0.1) is 32.0 Å². The van der Waals surface area contributed by atoms with Crippen LogP contribution in [0.3, 0.4) is 0 Å². The summed E-state index contributed by atoms with van der Waals surface area (Å²) in [6.45, 7) is 1.65. The molecule has 0 spiro atoms. The molecule has 0 aromatic heterocycles. The molecule has 306 valence electrons. The lowest BCUT2D eigenvalue weighted by Crippen LogP contribution is -2.46. The van der Waals surface area contributed by atoms with E-state index in [-0.39, 0.29) is 42.8 Å². The van der Waals surface area contributed by atoms with Gasteiger partial charge in [-0.2, -0.15) is 0 Å². The first-order chi connectivity index (χ1) is 27.8. The minimum absolute atomic E-state index is 0.0101. The summed E-state index contributed by atoms with van der Waals surface area (Å²) in [5.41, 5.74) is 5.76. The highest BCUT2D eigenvalue weighted by Gasteiger charge is 2.49. The summed E-state index contributed by atoms with van der Waals surface area (Å²) in [6.07, 6.45) is 4.67. The van der Waals surface area contributed by atoms with Crippen LogP contribution in [0.2, 0.25) is 0 Å². The number of phenols is 2. The fraction of sp³-hybridized carbons (Fsp3) is 0.478. The summed E-state index contributed by atoms with van der Waals surface area (Å²) in [4.78, 5) is 0. The predicted octanol–water partition coefficient (Wildman–Crippen LogP) is 7.39. The molecule has 0 radical (unpaired) electrons. The lowest BCUT2D eigenvalue weighted by atomic mass is 9.72. The standard InChI is InChI=1S/C46H57NO10/c1-47-26-31-23-42-37(25-41(31)53-3)46(54-18-8-16-48)43(40(57-42)13-7-17-52-2)39-27-55-45-30(22-35(24-38(45)44(39)51)56-34-11-4-5-12-34)19-29-21-33(50)14-15-36(29)28-9-6-10-32(49)20-28/h6,9-10,14-15,20-25,34,39-40,43-44,46-51H,4-5,7-8,11-13,16-19,26-27H2,1-3H3/t39-,40-,43-,44-,46+/m1/s1. The average Bonchev–Trinajstić information content (AvgIpc) is 3.72. The molecule has 1 fully saturated rings. The molecule has 4 aromatic rings. The maximum Gasteiger partial charge on any atom is 0.128 e. The second kappa shape index (κ2) is 18.8. The average molecular weight is 784 g/mol. The van der Waals surface area contributed by atoms with Crippen molar-refractivity contribution >= 4 is 0 Å². The molecule has 11 nitrogen and oxygen atoms in total. The molecule has 3 aliphatic rings. The van der Waals surface area contributed by atoms with Crippen LogP contribution >= 0.6 is 0 Å². The van der Waals surface area contributed by atoms with E-state index in [0.29, 0.717) is 67.6 Å². The number of ether oxygens (including phenoxy) is 6. The molecule has 57 heavy (non-hydrogen) atoms. The van der Waals surface area contributed by atoms with Crippen molar-refractivity contribution in [3.63, 3.8) is 0 Å². The lowest BCUT2D eigenvalue weighted by molar-refractivity contribution is -0.114. The van der Waals surface area contributed by atoms with Crippen LogP contribution in [0.15, 0.2) is 66.7 Å². The van der Waals surface area contributed by atoms with E-state index < -0.39 is 18.1 Å². The van der Waals surface area contributed by atoms with E-state index in [4.69, 9.17) is 28.4 Å². The first kappa shape index (κ1) is 40.7. The number of aliphatic hydroxyl groups is 2. The molecule has 2 heterocycles. The van der Waals surface area contributed by atoms with Crippen molar-refractivity contribution in [2.45, 2.75) is 82.3 Å². The van der Waals surface area contributed by atoms with E-state index in [9.17, 15) is 20.4 Å². The monoisotopic (exact) mass is 783 g/mol. The number of aromatic hydroxyl groups is 2. The lowest BCUT2D eigenvalue weighted by Gasteiger charge is -2.46. The van der Waals surface area contributed by atoms with Gasteiger partial charge < -0.3 is 54.2 Å².